The lowest BCUT2D eigenvalue weighted by Gasteiger charge is -2.57. The number of fused-ring (bicyclic) bond motifs is 2. The maximum Gasteiger partial charge on any atom is 0.160 e. The molecule has 0 amide bonds. The molecule has 0 saturated heterocycles. The summed E-state index contributed by atoms with van der Waals surface area (Å²) in [6.45, 7) is 12.9. The van der Waals surface area contributed by atoms with Crippen molar-refractivity contribution in [2.45, 2.75) is 72.3 Å². The van der Waals surface area contributed by atoms with Gasteiger partial charge in [0.05, 0.1) is 6.10 Å². The van der Waals surface area contributed by atoms with Crippen LogP contribution in [0.2, 0.25) is 0 Å². The van der Waals surface area contributed by atoms with Crippen LogP contribution in [0.4, 0.5) is 0 Å². The van der Waals surface area contributed by atoms with Gasteiger partial charge in [0.25, 0.3) is 0 Å². The third-order valence-corrected chi connectivity index (χ3v) is 6.91. The zero-order chi connectivity index (χ0) is 16.3. The Morgan fingerprint density at radius 3 is 2.50 bits per heavy atom. The fourth-order valence-electron chi connectivity index (χ4n) is 5.70. The molecule has 122 valence electrons. The van der Waals surface area contributed by atoms with Crippen molar-refractivity contribution >= 4 is 5.78 Å². The molecular formula is C20H30O2. The van der Waals surface area contributed by atoms with Gasteiger partial charge in [-0.15, -0.1) is 6.58 Å². The van der Waals surface area contributed by atoms with E-state index in [9.17, 15) is 9.90 Å². The molecule has 22 heavy (non-hydrogen) atoms. The fourth-order valence-corrected chi connectivity index (χ4v) is 5.70. The zero-order valence-corrected chi connectivity index (χ0v) is 14.5. The van der Waals surface area contributed by atoms with Crippen LogP contribution in [-0.2, 0) is 4.79 Å². The molecule has 0 aromatic rings. The summed E-state index contributed by atoms with van der Waals surface area (Å²) in [5, 5.41) is 10.8. The van der Waals surface area contributed by atoms with Gasteiger partial charge < -0.3 is 5.11 Å². The van der Waals surface area contributed by atoms with Crippen LogP contribution in [-0.4, -0.2) is 17.0 Å². The van der Waals surface area contributed by atoms with Crippen molar-refractivity contribution in [2.75, 3.05) is 0 Å². The predicted octanol–water partition coefficient (Wildman–Crippen LogP) is 4.44. The second-order valence-corrected chi connectivity index (χ2v) is 9.10. The molecule has 0 radical (unpaired) electrons. The number of aliphatic hydroxyl groups is 1. The van der Waals surface area contributed by atoms with E-state index in [1.165, 1.54) is 12.8 Å². The number of carbonyl (C=O) groups excluding carboxylic acids is 1. The highest BCUT2D eigenvalue weighted by atomic mass is 16.3. The van der Waals surface area contributed by atoms with Crippen molar-refractivity contribution in [3.63, 3.8) is 0 Å². The lowest BCUT2D eigenvalue weighted by molar-refractivity contribution is -0.122. The van der Waals surface area contributed by atoms with E-state index in [4.69, 9.17) is 0 Å². The molecule has 0 spiro atoms. The van der Waals surface area contributed by atoms with Gasteiger partial charge in [-0.25, -0.2) is 0 Å². The summed E-state index contributed by atoms with van der Waals surface area (Å²) < 4.78 is 0. The molecule has 2 heteroatoms. The van der Waals surface area contributed by atoms with Crippen LogP contribution in [0.5, 0.6) is 0 Å². The standard InChI is InChI=1S/C20H30O2/c1-6-19(4)11-13-14(21)10-16-18(2,3)8-7-9-20(16,5)17(13)15(22)12-19/h6,14,16,21H,1,7-12H2,2-5H3/t14-,16-,19+,20-/m0/s1. The number of allylic oxidation sites excluding steroid dienone is 2. The van der Waals surface area contributed by atoms with Crippen LogP contribution in [0.3, 0.4) is 0 Å². The van der Waals surface area contributed by atoms with Crippen molar-refractivity contribution in [1.82, 2.24) is 0 Å². The van der Waals surface area contributed by atoms with Crippen molar-refractivity contribution in [3.8, 4) is 0 Å². The summed E-state index contributed by atoms with van der Waals surface area (Å²) in [7, 11) is 0. The second kappa shape index (κ2) is 4.80. The molecule has 3 rings (SSSR count). The van der Waals surface area contributed by atoms with Crippen LogP contribution < -0.4 is 0 Å². The Bertz CT molecular complexity index is 556. The molecule has 1 saturated carbocycles. The molecule has 2 nitrogen and oxygen atoms in total. The van der Waals surface area contributed by atoms with Crippen LogP contribution in [0, 0.1) is 22.2 Å². The van der Waals surface area contributed by atoms with Gasteiger partial charge in [0.2, 0.25) is 0 Å². The van der Waals surface area contributed by atoms with E-state index in [0.29, 0.717) is 12.3 Å². The van der Waals surface area contributed by atoms with E-state index in [2.05, 4.69) is 34.3 Å². The number of hydrogen-bond acceptors (Lipinski definition) is 2. The lowest BCUT2D eigenvalue weighted by Crippen LogP contribution is -2.52. The number of rotatable bonds is 1. The summed E-state index contributed by atoms with van der Waals surface area (Å²) >= 11 is 0. The van der Waals surface area contributed by atoms with Gasteiger partial charge in [0.1, 0.15) is 0 Å². The van der Waals surface area contributed by atoms with Gasteiger partial charge in [0.15, 0.2) is 5.78 Å². The number of carbonyl (C=O) groups is 1. The summed E-state index contributed by atoms with van der Waals surface area (Å²) in [6, 6.07) is 0. The van der Waals surface area contributed by atoms with Crippen LogP contribution in [0.25, 0.3) is 0 Å². The highest BCUT2D eigenvalue weighted by Crippen LogP contribution is 2.62. The lowest BCUT2D eigenvalue weighted by atomic mass is 9.47. The minimum atomic E-state index is -0.450. The molecule has 0 aliphatic heterocycles. The van der Waals surface area contributed by atoms with Gasteiger partial charge in [-0.2, -0.15) is 0 Å². The summed E-state index contributed by atoms with van der Waals surface area (Å²) in [5.74, 6) is 0.659. The monoisotopic (exact) mass is 302 g/mol. The van der Waals surface area contributed by atoms with E-state index >= 15 is 0 Å². The zero-order valence-electron chi connectivity index (χ0n) is 14.5. The topological polar surface area (TPSA) is 37.3 Å². The molecular weight excluding hydrogens is 272 g/mol. The minimum Gasteiger partial charge on any atom is -0.389 e. The first-order valence-corrected chi connectivity index (χ1v) is 8.71. The van der Waals surface area contributed by atoms with E-state index in [0.717, 1.165) is 30.4 Å². The van der Waals surface area contributed by atoms with E-state index in [1.54, 1.807) is 0 Å². The molecule has 0 bridgehead atoms. The summed E-state index contributed by atoms with van der Waals surface area (Å²) in [6.07, 6.45) is 7.06. The van der Waals surface area contributed by atoms with Gasteiger partial charge >= 0.3 is 0 Å². The van der Waals surface area contributed by atoms with E-state index < -0.39 is 6.10 Å². The Morgan fingerprint density at radius 1 is 1.18 bits per heavy atom. The van der Waals surface area contributed by atoms with Gasteiger partial charge in [-0.3, -0.25) is 4.79 Å². The van der Waals surface area contributed by atoms with E-state index in [1.807, 2.05) is 6.08 Å². The summed E-state index contributed by atoms with van der Waals surface area (Å²) in [5.41, 5.74) is 1.98. The Hall–Kier alpha value is -0.890. The molecule has 1 N–H and O–H groups in total. The highest BCUT2D eigenvalue weighted by molar-refractivity contribution is 5.99. The van der Waals surface area contributed by atoms with Crippen molar-refractivity contribution in [2.24, 2.45) is 22.2 Å². The molecule has 0 heterocycles. The molecule has 3 aliphatic carbocycles. The third-order valence-electron chi connectivity index (χ3n) is 6.91. The first kappa shape index (κ1) is 16.0. The molecule has 4 atom stereocenters. The third kappa shape index (κ3) is 2.14. The van der Waals surface area contributed by atoms with Crippen LogP contribution in [0.15, 0.2) is 23.8 Å². The molecule has 3 aliphatic rings. The number of hydrogen-bond donors (Lipinski definition) is 1. The molecule has 0 aromatic carbocycles. The smallest absolute Gasteiger partial charge is 0.160 e. The minimum absolute atomic E-state index is 0.0457. The maximum atomic E-state index is 13.0. The Kier molecular flexibility index (Phi) is 3.49. The van der Waals surface area contributed by atoms with E-state index in [-0.39, 0.29) is 22.0 Å². The molecule has 1 fully saturated rings. The highest BCUT2D eigenvalue weighted by Gasteiger charge is 2.56. The second-order valence-electron chi connectivity index (χ2n) is 9.10. The largest absolute Gasteiger partial charge is 0.389 e. The quantitative estimate of drug-likeness (QED) is 0.727. The first-order valence-electron chi connectivity index (χ1n) is 8.71. The van der Waals surface area contributed by atoms with Crippen molar-refractivity contribution < 1.29 is 9.90 Å². The average molecular weight is 302 g/mol. The number of ketones is 1. The average Bonchev–Trinajstić information content (AvgIpc) is 2.40. The Morgan fingerprint density at radius 2 is 1.86 bits per heavy atom. The van der Waals surface area contributed by atoms with Gasteiger partial charge in [0, 0.05) is 12.0 Å². The number of aliphatic hydroxyl groups excluding tert-OH is 1. The molecule has 0 aromatic heterocycles. The van der Waals surface area contributed by atoms with Crippen LogP contribution >= 0.6 is 0 Å². The number of Topliss-reactive ketones (excluding diaryl/α,β-unsaturated/α-hetero) is 1. The van der Waals surface area contributed by atoms with Crippen molar-refractivity contribution in [3.05, 3.63) is 23.8 Å². The van der Waals surface area contributed by atoms with Gasteiger partial charge in [-0.1, -0.05) is 40.2 Å². The first-order chi connectivity index (χ1) is 10.1. The normalized spacial score (nSPS) is 44.3. The SMILES string of the molecule is C=C[C@@]1(C)CC(=O)C2=C(C1)[C@@H](O)C[C@H]1C(C)(C)CCC[C@]21C. The summed E-state index contributed by atoms with van der Waals surface area (Å²) in [4.78, 5) is 13.0. The van der Waals surface area contributed by atoms with Gasteiger partial charge in [-0.05, 0) is 53.4 Å². The Balaban J connectivity index is 2.13. The van der Waals surface area contributed by atoms with Crippen LogP contribution in [0.1, 0.15) is 66.2 Å². The fraction of sp³-hybridized carbons (Fsp3) is 0.750. The maximum absolute atomic E-state index is 13.0. The predicted molar refractivity (Wildman–Crippen MR) is 89.4 cm³/mol. The van der Waals surface area contributed by atoms with Crippen molar-refractivity contribution in [1.29, 1.82) is 0 Å². The Labute approximate surface area is 134 Å². The molecule has 0 unspecified atom stereocenters.